The third-order valence-corrected chi connectivity index (χ3v) is 1.55. The number of rotatable bonds is 2. The summed E-state index contributed by atoms with van der Waals surface area (Å²) in [6, 6.07) is 0. The maximum Gasteiger partial charge on any atom is 0.297 e. The fourth-order valence-electron chi connectivity index (χ4n) is 0.759. The minimum absolute atomic E-state index is 0.275. The highest BCUT2D eigenvalue weighted by molar-refractivity contribution is 5.09. The summed E-state index contributed by atoms with van der Waals surface area (Å²) in [6.07, 6.45) is 0.310. The van der Waals surface area contributed by atoms with Gasteiger partial charge < -0.3 is 0 Å². The molecule has 0 N–H and O–H groups in total. The molecule has 0 atom stereocenters. The molecule has 66 valence electrons. The number of halogens is 2. The smallest absolute Gasteiger partial charge is 0.236 e. The lowest BCUT2D eigenvalue weighted by atomic mass is 10.1. The van der Waals surface area contributed by atoms with Crippen molar-refractivity contribution in [1.82, 2.24) is 9.97 Å². The Balaban J connectivity index is 2.86. The summed E-state index contributed by atoms with van der Waals surface area (Å²) in [5.74, 6) is -0.129. The molecule has 1 aromatic heterocycles. The average Bonchev–Trinajstić information content (AvgIpc) is 2.04. The summed E-state index contributed by atoms with van der Waals surface area (Å²) in [4.78, 5) is 7.08. The average molecular weight is 172 g/mol. The van der Waals surface area contributed by atoms with Crippen molar-refractivity contribution < 1.29 is 8.78 Å². The van der Waals surface area contributed by atoms with E-state index >= 15 is 0 Å². The fourth-order valence-corrected chi connectivity index (χ4v) is 0.759. The Bertz CT molecular complexity index is 217. The van der Waals surface area contributed by atoms with Gasteiger partial charge in [0.2, 0.25) is 0 Å². The maximum absolute atomic E-state index is 12.0. The van der Waals surface area contributed by atoms with Gasteiger partial charge in [-0.25, -0.2) is 18.7 Å². The molecule has 12 heavy (non-hydrogen) atoms. The molecule has 0 amide bonds. The molecule has 0 aromatic carbocycles. The molecule has 0 aliphatic carbocycles. The van der Waals surface area contributed by atoms with Crippen LogP contribution >= 0.6 is 0 Å². The lowest BCUT2D eigenvalue weighted by Crippen LogP contribution is -1.97. The highest BCUT2D eigenvalue weighted by Gasteiger charge is 2.10. The van der Waals surface area contributed by atoms with Crippen LogP contribution in [0.4, 0.5) is 8.78 Å². The summed E-state index contributed by atoms with van der Waals surface area (Å²) in [5.41, 5.74) is 0.874. The zero-order valence-corrected chi connectivity index (χ0v) is 6.96. The van der Waals surface area contributed by atoms with Gasteiger partial charge in [0.1, 0.15) is 0 Å². The SMILES string of the molecule is CC(C)c1cnc(C(F)F)nc1. The predicted octanol–water partition coefficient (Wildman–Crippen LogP) is 2.54. The zero-order valence-electron chi connectivity index (χ0n) is 6.96. The molecule has 0 fully saturated rings. The minimum Gasteiger partial charge on any atom is -0.236 e. The molecular weight excluding hydrogens is 162 g/mol. The summed E-state index contributed by atoms with van der Waals surface area (Å²) in [7, 11) is 0. The lowest BCUT2D eigenvalue weighted by molar-refractivity contribution is 0.140. The predicted molar refractivity (Wildman–Crippen MR) is 41.1 cm³/mol. The van der Waals surface area contributed by atoms with Crippen LogP contribution in [0.5, 0.6) is 0 Å². The first-order valence-electron chi connectivity index (χ1n) is 3.71. The molecule has 1 aromatic rings. The number of hydrogen-bond donors (Lipinski definition) is 0. The van der Waals surface area contributed by atoms with Gasteiger partial charge >= 0.3 is 0 Å². The molecule has 1 rings (SSSR count). The molecule has 0 spiro atoms. The van der Waals surface area contributed by atoms with Crippen molar-refractivity contribution in [3.63, 3.8) is 0 Å². The maximum atomic E-state index is 12.0. The van der Waals surface area contributed by atoms with Gasteiger partial charge in [0.15, 0.2) is 5.82 Å². The first-order chi connectivity index (χ1) is 5.61. The van der Waals surface area contributed by atoms with E-state index in [2.05, 4.69) is 9.97 Å². The van der Waals surface area contributed by atoms with E-state index in [1.54, 1.807) is 0 Å². The monoisotopic (exact) mass is 172 g/mol. The van der Waals surface area contributed by atoms with Crippen molar-refractivity contribution in [3.8, 4) is 0 Å². The third-order valence-electron chi connectivity index (χ3n) is 1.55. The second-order valence-electron chi connectivity index (χ2n) is 2.83. The van der Waals surface area contributed by atoms with E-state index in [1.807, 2.05) is 13.8 Å². The van der Waals surface area contributed by atoms with Crippen LogP contribution in [0.25, 0.3) is 0 Å². The molecule has 0 bridgehead atoms. The van der Waals surface area contributed by atoms with Crippen LogP contribution in [0.3, 0.4) is 0 Å². The van der Waals surface area contributed by atoms with E-state index in [9.17, 15) is 8.78 Å². The van der Waals surface area contributed by atoms with E-state index in [-0.39, 0.29) is 5.92 Å². The first kappa shape index (κ1) is 9.03. The molecule has 1 heterocycles. The zero-order chi connectivity index (χ0) is 9.14. The minimum atomic E-state index is -2.58. The Labute approximate surface area is 69.7 Å². The van der Waals surface area contributed by atoms with Crippen LogP contribution in [0.15, 0.2) is 12.4 Å². The van der Waals surface area contributed by atoms with Crippen LogP contribution in [0.1, 0.15) is 37.6 Å². The standard InChI is InChI=1S/C8H10F2N2/c1-5(2)6-3-11-8(7(9)10)12-4-6/h3-5,7H,1-2H3. The molecule has 2 nitrogen and oxygen atoms in total. The van der Waals surface area contributed by atoms with Crippen molar-refractivity contribution in [2.75, 3.05) is 0 Å². The summed E-state index contributed by atoms with van der Waals surface area (Å²) in [6.45, 7) is 3.92. The Hall–Kier alpha value is -1.06. The quantitative estimate of drug-likeness (QED) is 0.685. The van der Waals surface area contributed by atoms with Crippen LogP contribution in [0, 0.1) is 0 Å². The van der Waals surface area contributed by atoms with Gasteiger partial charge in [0, 0.05) is 12.4 Å². The molecule has 0 saturated carbocycles. The second kappa shape index (κ2) is 3.56. The van der Waals surface area contributed by atoms with Gasteiger partial charge in [-0.1, -0.05) is 13.8 Å². The van der Waals surface area contributed by atoms with Gasteiger partial charge in [0.25, 0.3) is 6.43 Å². The normalized spacial score (nSPS) is 11.2. The Morgan fingerprint density at radius 2 is 1.67 bits per heavy atom. The van der Waals surface area contributed by atoms with E-state index in [1.165, 1.54) is 12.4 Å². The summed E-state index contributed by atoms with van der Waals surface area (Å²) in [5, 5.41) is 0. The topological polar surface area (TPSA) is 25.8 Å². The van der Waals surface area contributed by atoms with Gasteiger partial charge in [-0.3, -0.25) is 0 Å². The Morgan fingerprint density at radius 1 is 1.17 bits per heavy atom. The van der Waals surface area contributed by atoms with Gasteiger partial charge in [-0.05, 0) is 11.5 Å². The molecule has 0 aliphatic heterocycles. The lowest BCUT2D eigenvalue weighted by Gasteiger charge is -2.03. The Kier molecular flexibility index (Phi) is 2.68. The van der Waals surface area contributed by atoms with Crippen molar-refractivity contribution in [3.05, 3.63) is 23.8 Å². The van der Waals surface area contributed by atoms with Crippen LogP contribution < -0.4 is 0 Å². The van der Waals surface area contributed by atoms with E-state index < -0.39 is 12.2 Å². The molecule has 0 unspecified atom stereocenters. The van der Waals surface area contributed by atoms with Crippen LogP contribution in [0.2, 0.25) is 0 Å². The van der Waals surface area contributed by atoms with Crippen LogP contribution in [-0.4, -0.2) is 9.97 Å². The van der Waals surface area contributed by atoms with Gasteiger partial charge in [-0.15, -0.1) is 0 Å². The Morgan fingerprint density at radius 3 is 2.00 bits per heavy atom. The number of nitrogens with zero attached hydrogens (tertiary/aromatic N) is 2. The van der Waals surface area contributed by atoms with E-state index in [0.717, 1.165) is 5.56 Å². The van der Waals surface area contributed by atoms with Crippen molar-refractivity contribution in [2.45, 2.75) is 26.2 Å². The van der Waals surface area contributed by atoms with Crippen LogP contribution in [-0.2, 0) is 0 Å². The fraction of sp³-hybridized carbons (Fsp3) is 0.500. The van der Waals surface area contributed by atoms with E-state index in [4.69, 9.17) is 0 Å². The molecule has 0 radical (unpaired) electrons. The molecule has 0 aliphatic rings. The molecular formula is C8H10F2N2. The number of aromatic nitrogens is 2. The van der Waals surface area contributed by atoms with Crippen molar-refractivity contribution in [2.24, 2.45) is 0 Å². The van der Waals surface area contributed by atoms with Gasteiger partial charge in [-0.2, -0.15) is 0 Å². The third kappa shape index (κ3) is 1.96. The summed E-state index contributed by atoms with van der Waals surface area (Å²) >= 11 is 0. The second-order valence-corrected chi connectivity index (χ2v) is 2.83. The summed E-state index contributed by atoms with van der Waals surface area (Å²) < 4.78 is 23.9. The van der Waals surface area contributed by atoms with Crippen molar-refractivity contribution in [1.29, 1.82) is 0 Å². The highest BCUT2D eigenvalue weighted by Crippen LogP contribution is 2.16. The number of alkyl halides is 2. The van der Waals surface area contributed by atoms with Gasteiger partial charge in [0.05, 0.1) is 0 Å². The largest absolute Gasteiger partial charge is 0.297 e. The highest BCUT2D eigenvalue weighted by atomic mass is 19.3. The molecule has 4 heteroatoms. The first-order valence-corrected chi connectivity index (χ1v) is 3.71. The van der Waals surface area contributed by atoms with Crippen molar-refractivity contribution >= 4 is 0 Å². The molecule has 0 saturated heterocycles. The number of hydrogen-bond acceptors (Lipinski definition) is 2. The van der Waals surface area contributed by atoms with E-state index in [0.29, 0.717) is 0 Å².